The lowest BCUT2D eigenvalue weighted by molar-refractivity contribution is 0.482. The Hall–Kier alpha value is -0.800. The van der Waals surface area contributed by atoms with E-state index in [-0.39, 0.29) is 0 Å². The maximum Gasteiger partial charge on any atom is 0.127 e. The Morgan fingerprint density at radius 3 is 1.35 bits per heavy atom. The van der Waals surface area contributed by atoms with Gasteiger partial charge in [0.2, 0.25) is 0 Å². The maximum absolute atomic E-state index is 5.94. The molecule has 0 heterocycles. The zero-order valence-electron chi connectivity index (χ0n) is 13.8. The van der Waals surface area contributed by atoms with Crippen molar-refractivity contribution in [2.24, 2.45) is 0 Å². The predicted octanol–water partition coefficient (Wildman–Crippen LogP) is 7.95. The Bertz CT molecular complexity index is 524. The van der Waals surface area contributed by atoms with Gasteiger partial charge in [-0.1, -0.05) is 82.8 Å². The molecule has 0 N–H and O–H groups in total. The van der Waals surface area contributed by atoms with Crippen LogP contribution in [0.2, 0.25) is 0 Å². The average molecular weight is 440 g/mol. The van der Waals surface area contributed by atoms with E-state index >= 15 is 0 Å². The molecule has 0 saturated heterocycles. The Balaban J connectivity index is 1.99. The number of ether oxygens (including phenoxy) is 1. The predicted molar refractivity (Wildman–Crippen MR) is 106 cm³/mol. The molecule has 0 radical (unpaired) electrons. The van der Waals surface area contributed by atoms with Gasteiger partial charge in [-0.05, 0) is 48.2 Å². The summed E-state index contributed by atoms with van der Waals surface area (Å²) in [7, 11) is 0. The summed E-state index contributed by atoms with van der Waals surface area (Å²) in [6, 6.07) is 16.7. The Morgan fingerprint density at radius 1 is 0.696 bits per heavy atom. The first-order valence-electron chi connectivity index (χ1n) is 8.30. The maximum atomic E-state index is 5.94. The van der Waals surface area contributed by atoms with Gasteiger partial charge in [-0.15, -0.1) is 0 Å². The molecule has 0 spiro atoms. The summed E-state index contributed by atoms with van der Waals surface area (Å²) < 4.78 is 5.94. The lowest BCUT2D eigenvalue weighted by Gasteiger charge is -2.12. The summed E-state index contributed by atoms with van der Waals surface area (Å²) in [6.07, 6.45) is 4.64. The van der Waals surface area contributed by atoms with Crippen molar-refractivity contribution in [3.63, 3.8) is 0 Å². The zero-order valence-corrected chi connectivity index (χ0v) is 16.9. The van der Waals surface area contributed by atoms with Gasteiger partial charge in [0.1, 0.15) is 11.5 Å². The molecule has 0 bridgehead atoms. The van der Waals surface area contributed by atoms with Crippen LogP contribution in [0.5, 0.6) is 11.5 Å². The van der Waals surface area contributed by atoms with Crippen LogP contribution in [-0.4, -0.2) is 0 Å². The number of alkyl halides is 2. The van der Waals surface area contributed by atoms with E-state index in [2.05, 4.69) is 70.0 Å². The molecule has 0 aliphatic rings. The van der Waals surface area contributed by atoms with Gasteiger partial charge in [0, 0.05) is 9.65 Å². The minimum atomic E-state index is 0.426. The van der Waals surface area contributed by atoms with Gasteiger partial charge in [-0.25, -0.2) is 0 Å². The van der Waals surface area contributed by atoms with Crippen molar-refractivity contribution < 1.29 is 4.74 Å². The molecule has 0 amide bonds. The number of halogens is 2. The standard InChI is InChI=1S/C20H24Br2O/c1-3-5-19(21)15-7-11-17(12-8-15)23-18-13-9-16(10-14-18)20(22)6-4-2/h7-14,19-20H,3-6H2,1-2H3. The summed E-state index contributed by atoms with van der Waals surface area (Å²) in [6.45, 7) is 4.40. The third-order valence-electron chi connectivity index (χ3n) is 3.80. The fourth-order valence-electron chi connectivity index (χ4n) is 2.47. The van der Waals surface area contributed by atoms with Gasteiger partial charge < -0.3 is 4.74 Å². The molecule has 124 valence electrons. The zero-order chi connectivity index (χ0) is 16.7. The van der Waals surface area contributed by atoms with Crippen LogP contribution < -0.4 is 4.74 Å². The van der Waals surface area contributed by atoms with E-state index in [1.807, 2.05) is 24.3 Å². The van der Waals surface area contributed by atoms with Crippen LogP contribution in [0.3, 0.4) is 0 Å². The topological polar surface area (TPSA) is 9.23 Å². The Labute approximate surface area is 156 Å². The summed E-state index contributed by atoms with van der Waals surface area (Å²) in [4.78, 5) is 0.852. The molecule has 1 nitrogen and oxygen atoms in total. The highest BCUT2D eigenvalue weighted by Crippen LogP contribution is 2.32. The average Bonchev–Trinajstić information content (AvgIpc) is 2.56. The molecule has 2 aromatic rings. The largest absolute Gasteiger partial charge is 0.457 e. The Kier molecular flexibility index (Phi) is 7.64. The van der Waals surface area contributed by atoms with E-state index in [9.17, 15) is 0 Å². The molecule has 2 aromatic carbocycles. The van der Waals surface area contributed by atoms with Crippen molar-refractivity contribution >= 4 is 31.9 Å². The molecule has 0 aliphatic carbocycles. The first kappa shape index (κ1) is 18.5. The second-order valence-corrected chi connectivity index (χ2v) is 7.96. The van der Waals surface area contributed by atoms with Crippen molar-refractivity contribution in [2.75, 3.05) is 0 Å². The third-order valence-corrected chi connectivity index (χ3v) is 5.78. The van der Waals surface area contributed by atoms with E-state index in [0.29, 0.717) is 9.65 Å². The molecule has 3 heteroatoms. The Morgan fingerprint density at radius 2 is 1.04 bits per heavy atom. The number of benzene rings is 2. The molecule has 2 atom stereocenters. The van der Waals surface area contributed by atoms with Crippen molar-refractivity contribution in [1.29, 1.82) is 0 Å². The normalized spacial score (nSPS) is 13.6. The van der Waals surface area contributed by atoms with Crippen LogP contribution in [0.15, 0.2) is 48.5 Å². The van der Waals surface area contributed by atoms with Crippen LogP contribution >= 0.6 is 31.9 Å². The van der Waals surface area contributed by atoms with Crippen LogP contribution in [0, 0.1) is 0 Å². The van der Waals surface area contributed by atoms with Gasteiger partial charge in [0.25, 0.3) is 0 Å². The molecule has 0 aromatic heterocycles. The van der Waals surface area contributed by atoms with Crippen molar-refractivity contribution in [3.05, 3.63) is 59.7 Å². The van der Waals surface area contributed by atoms with E-state index < -0.39 is 0 Å². The van der Waals surface area contributed by atoms with E-state index in [1.54, 1.807) is 0 Å². The lowest BCUT2D eigenvalue weighted by atomic mass is 10.1. The van der Waals surface area contributed by atoms with Crippen LogP contribution in [0.1, 0.15) is 60.3 Å². The molecule has 0 fully saturated rings. The first-order valence-corrected chi connectivity index (χ1v) is 10.1. The highest BCUT2D eigenvalue weighted by Gasteiger charge is 2.08. The van der Waals surface area contributed by atoms with Gasteiger partial charge in [-0.2, -0.15) is 0 Å². The van der Waals surface area contributed by atoms with Crippen molar-refractivity contribution in [3.8, 4) is 11.5 Å². The minimum absolute atomic E-state index is 0.426. The van der Waals surface area contributed by atoms with E-state index in [1.165, 1.54) is 24.0 Å². The molecule has 2 rings (SSSR count). The van der Waals surface area contributed by atoms with Crippen LogP contribution in [-0.2, 0) is 0 Å². The summed E-state index contributed by atoms with van der Waals surface area (Å²) in [5, 5.41) is 0. The molecular weight excluding hydrogens is 416 g/mol. The van der Waals surface area contributed by atoms with Gasteiger partial charge >= 0.3 is 0 Å². The highest BCUT2D eigenvalue weighted by atomic mass is 79.9. The van der Waals surface area contributed by atoms with Gasteiger partial charge in [-0.3, -0.25) is 0 Å². The number of hydrogen-bond donors (Lipinski definition) is 0. The monoisotopic (exact) mass is 438 g/mol. The van der Waals surface area contributed by atoms with Gasteiger partial charge in [0.15, 0.2) is 0 Å². The van der Waals surface area contributed by atoms with Gasteiger partial charge in [0.05, 0.1) is 0 Å². The first-order chi connectivity index (χ1) is 11.1. The lowest BCUT2D eigenvalue weighted by Crippen LogP contribution is -1.91. The fraction of sp³-hybridized carbons (Fsp3) is 0.400. The van der Waals surface area contributed by atoms with Crippen molar-refractivity contribution in [2.45, 2.75) is 49.2 Å². The molecular formula is C20H24Br2O. The smallest absolute Gasteiger partial charge is 0.127 e. The van der Waals surface area contributed by atoms with Crippen LogP contribution in [0.25, 0.3) is 0 Å². The molecule has 2 unspecified atom stereocenters. The second-order valence-electron chi connectivity index (χ2n) is 5.75. The van der Waals surface area contributed by atoms with Crippen molar-refractivity contribution in [1.82, 2.24) is 0 Å². The second kappa shape index (κ2) is 9.48. The fourth-order valence-corrected chi connectivity index (χ4v) is 3.99. The summed E-state index contributed by atoms with van der Waals surface area (Å²) >= 11 is 7.45. The molecule has 0 saturated carbocycles. The van der Waals surface area contributed by atoms with E-state index in [4.69, 9.17) is 4.74 Å². The molecule has 23 heavy (non-hydrogen) atoms. The van der Waals surface area contributed by atoms with Crippen LogP contribution in [0.4, 0.5) is 0 Å². The minimum Gasteiger partial charge on any atom is -0.457 e. The number of hydrogen-bond acceptors (Lipinski definition) is 1. The summed E-state index contributed by atoms with van der Waals surface area (Å²) in [5.74, 6) is 1.75. The SMILES string of the molecule is CCCC(Br)c1ccc(Oc2ccc(C(Br)CCC)cc2)cc1. The third kappa shape index (κ3) is 5.65. The highest BCUT2D eigenvalue weighted by molar-refractivity contribution is 9.09. The summed E-state index contributed by atoms with van der Waals surface area (Å²) in [5.41, 5.74) is 2.60. The quantitative estimate of drug-likeness (QED) is 0.379. The number of rotatable bonds is 8. The van der Waals surface area contributed by atoms with E-state index in [0.717, 1.165) is 24.3 Å². The molecule has 0 aliphatic heterocycles.